The summed E-state index contributed by atoms with van der Waals surface area (Å²) in [5.41, 5.74) is 8.76. The first-order valence-corrected chi connectivity index (χ1v) is 8.13. The van der Waals surface area contributed by atoms with Gasteiger partial charge in [-0.15, -0.1) is 0 Å². The van der Waals surface area contributed by atoms with Crippen LogP contribution < -0.4 is 11.1 Å². The van der Waals surface area contributed by atoms with E-state index in [1.165, 1.54) is 31.2 Å². The SMILES string of the molecule is CSC1CCCCC1Nc1cc(Cl)c(N)cc1C. The first-order chi connectivity index (χ1) is 8.61. The second-order valence-corrected chi connectivity index (χ2v) is 6.48. The van der Waals surface area contributed by atoms with Crippen molar-refractivity contribution < 1.29 is 0 Å². The Kier molecular flexibility index (Phi) is 4.68. The average molecular weight is 285 g/mol. The van der Waals surface area contributed by atoms with Crippen molar-refractivity contribution in [1.29, 1.82) is 0 Å². The second-order valence-electron chi connectivity index (χ2n) is 5.00. The number of rotatable bonds is 3. The van der Waals surface area contributed by atoms with Gasteiger partial charge in [-0.3, -0.25) is 0 Å². The molecule has 1 saturated carbocycles. The van der Waals surface area contributed by atoms with Crippen LogP contribution in [0.25, 0.3) is 0 Å². The Balaban J connectivity index is 2.15. The molecule has 0 spiro atoms. The van der Waals surface area contributed by atoms with Crippen LogP contribution in [0.4, 0.5) is 11.4 Å². The van der Waals surface area contributed by atoms with Gasteiger partial charge in [-0.05, 0) is 43.7 Å². The maximum absolute atomic E-state index is 6.10. The van der Waals surface area contributed by atoms with E-state index in [0.717, 1.165) is 5.69 Å². The van der Waals surface area contributed by atoms with E-state index in [1.807, 2.05) is 23.9 Å². The van der Waals surface area contributed by atoms with E-state index in [1.54, 1.807) is 0 Å². The third-order valence-corrected chi connectivity index (χ3v) is 5.19. The van der Waals surface area contributed by atoms with Crippen LogP contribution in [0.15, 0.2) is 12.1 Å². The quantitative estimate of drug-likeness (QED) is 0.812. The third-order valence-electron chi connectivity index (χ3n) is 3.69. The largest absolute Gasteiger partial charge is 0.398 e. The Labute approximate surface area is 119 Å². The van der Waals surface area contributed by atoms with Crippen LogP contribution >= 0.6 is 23.4 Å². The summed E-state index contributed by atoms with van der Waals surface area (Å²) in [7, 11) is 0. The predicted octanol–water partition coefficient (Wildman–Crippen LogP) is 4.32. The van der Waals surface area contributed by atoms with E-state index < -0.39 is 0 Å². The van der Waals surface area contributed by atoms with Gasteiger partial charge < -0.3 is 11.1 Å². The van der Waals surface area contributed by atoms with Gasteiger partial charge in [-0.1, -0.05) is 24.4 Å². The summed E-state index contributed by atoms with van der Waals surface area (Å²) in [6.45, 7) is 2.08. The number of nitrogens with two attached hydrogens (primary N) is 1. The van der Waals surface area contributed by atoms with Gasteiger partial charge in [-0.25, -0.2) is 0 Å². The summed E-state index contributed by atoms with van der Waals surface area (Å²) < 4.78 is 0. The number of aryl methyl sites for hydroxylation is 1. The maximum Gasteiger partial charge on any atom is 0.0656 e. The van der Waals surface area contributed by atoms with Crippen molar-refractivity contribution in [2.24, 2.45) is 0 Å². The summed E-state index contributed by atoms with van der Waals surface area (Å²) in [6, 6.07) is 4.45. The molecule has 1 aliphatic rings. The van der Waals surface area contributed by atoms with Crippen LogP contribution in [0.5, 0.6) is 0 Å². The molecule has 2 unspecified atom stereocenters. The maximum atomic E-state index is 6.10. The molecular weight excluding hydrogens is 264 g/mol. The van der Waals surface area contributed by atoms with Crippen molar-refractivity contribution >= 4 is 34.7 Å². The Hall–Kier alpha value is -0.540. The first kappa shape index (κ1) is 13.9. The fourth-order valence-corrected chi connectivity index (χ4v) is 3.70. The fourth-order valence-electron chi connectivity index (χ4n) is 2.60. The fraction of sp³-hybridized carbons (Fsp3) is 0.571. The molecule has 1 aromatic carbocycles. The van der Waals surface area contributed by atoms with Crippen molar-refractivity contribution in [2.75, 3.05) is 17.3 Å². The lowest BCUT2D eigenvalue weighted by Gasteiger charge is -2.32. The molecule has 18 heavy (non-hydrogen) atoms. The lowest BCUT2D eigenvalue weighted by atomic mass is 9.94. The molecule has 100 valence electrons. The molecule has 4 heteroatoms. The van der Waals surface area contributed by atoms with Crippen LogP contribution in [0.2, 0.25) is 5.02 Å². The van der Waals surface area contributed by atoms with E-state index in [9.17, 15) is 0 Å². The van der Waals surface area contributed by atoms with Crippen LogP contribution in [0.1, 0.15) is 31.2 Å². The molecule has 0 amide bonds. The number of anilines is 2. The van der Waals surface area contributed by atoms with Crippen molar-refractivity contribution in [3.8, 4) is 0 Å². The van der Waals surface area contributed by atoms with Gasteiger partial charge in [0.25, 0.3) is 0 Å². The predicted molar refractivity (Wildman–Crippen MR) is 83.8 cm³/mol. The molecule has 0 aliphatic heterocycles. The van der Waals surface area contributed by atoms with Gasteiger partial charge >= 0.3 is 0 Å². The van der Waals surface area contributed by atoms with Crippen molar-refractivity contribution in [1.82, 2.24) is 0 Å². The summed E-state index contributed by atoms with van der Waals surface area (Å²) >= 11 is 8.07. The lowest BCUT2D eigenvalue weighted by molar-refractivity contribution is 0.475. The van der Waals surface area contributed by atoms with Crippen molar-refractivity contribution in [3.63, 3.8) is 0 Å². The average Bonchev–Trinajstić information content (AvgIpc) is 2.36. The van der Waals surface area contributed by atoms with Crippen LogP contribution in [-0.2, 0) is 0 Å². The topological polar surface area (TPSA) is 38.0 Å². The van der Waals surface area contributed by atoms with Gasteiger partial charge in [-0.2, -0.15) is 11.8 Å². The molecule has 2 atom stereocenters. The zero-order chi connectivity index (χ0) is 13.1. The highest BCUT2D eigenvalue weighted by molar-refractivity contribution is 7.99. The highest BCUT2D eigenvalue weighted by atomic mass is 35.5. The highest BCUT2D eigenvalue weighted by Crippen LogP contribution is 2.32. The van der Waals surface area contributed by atoms with E-state index in [-0.39, 0.29) is 0 Å². The van der Waals surface area contributed by atoms with Crippen molar-refractivity contribution in [3.05, 3.63) is 22.7 Å². The van der Waals surface area contributed by atoms with Crippen LogP contribution in [0.3, 0.4) is 0 Å². The van der Waals surface area contributed by atoms with E-state index in [2.05, 4.69) is 18.5 Å². The number of thioether (sulfide) groups is 1. The number of hydrogen-bond acceptors (Lipinski definition) is 3. The molecule has 0 heterocycles. The first-order valence-electron chi connectivity index (χ1n) is 6.46. The molecule has 2 nitrogen and oxygen atoms in total. The van der Waals surface area contributed by atoms with Gasteiger partial charge in [0, 0.05) is 17.0 Å². The van der Waals surface area contributed by atoms with Crippen LogP contribution in [-0.4, -0.2) is 17.5 Å². The van der Waals surface area contributed by atoms with Crippen molar-refractivity contribution in [2.45, 2.75) is 43.9 Å². The Bertz CT molecular complexity index is 423. The molecule has 2 rings (SSSR count). The molecule has 1 fully saturated rings. The standard InChI is InChI=1S/C14H21ClN2S/c1-9-7-11(16)10(15)8-13(9)17-12-5-3-4-6-14(12)18-2/h7-8,12,14,17H,3-6,16H2,1-2H3. The van der Waals surface area contributed by atoms with Gasteiger partial charge in [0.05, 0.1) is 10.7 Å². The third kappa shape index (κ3) is 3.07. The Morgan fingerprint density at radius 1 is 1.33 bits per heavy atom. The van der Waals surface area contributed by atoms with Crippen LogP contribution in [0, 0.1) is 6.92 Å². The zero-order valence-electron chi connectivity index (χ0n) is 11.0. The molecule has 0 bridgehead atoms. The summed E-state index contributed by atoms with van der Waals surface area (Å²) in [6.07, 6.45) is 7.42. The Morgan fingerprint density at radius 2 is 2.06 bits per heavy atom. The Morgan fingerprint density at radius 3 is 2.78 bits per heavy atom. The minimum atomic E-state index is 0.548. The number of nitrogens with one attached hydrogen (secondary N) is 1. The minimum absolute atomic E-state index is 0.548. The zero-order valence-corrected chi connectivity index (χ0v) is 12.6. The molecular formula is C14H21ClN2S. The van der Waals surface area contributed by atoms with Gasteiger partial charge in [0.15, 0.2) is 0 Å². The van der Waals surface area contributed by atoms with E-state index in [0.29, 0.717) is 22.0 Å². The monoisotopic (exact) mass is 284 g/mol. The molecule has 0 radical (unpaired) electrons. The molecule has 0 aromatic heterocycles. The smallest absolute Gasteiger partial charge is 0.0656 e. The summed E-state index contributed by atoms with van der Waals surface area (Å²) in [5.74, 6) is 0. The minimum Gasteiger partial charge on any atom is -0.398 e. The molecule has 1 aliphatic carbocycles. The highest BCUT2D eigenvalue weighted by Gasteiger charge is 2.24. The van der Waals surface area contributed by atoms with Gasteiger partial charge in [0.2, 0.25) is 0 Å². The van der Waals surface area contributed by atoms with Gasteiger partial charge in [0.1, 0.15) is 0 Å². The number of benzene rings is 1. The number of halogens is 1. The normalized spacial score (nSPS) is 23.9. The molecule has 1 aromatic rings. The molecule has 3 N–H and O–H groups in total. The lowest BCUT2D eigenvalue weighted by Crippen LogP contribution is -2.34. The van der Waals surface area contributed by atoms with E-state index >= 15 is 0 Å². The second kappa shape index (κ2) is 6.07. The van der Waals surface area contributed by atoms with E-state index in [4.69, 9.17) is 17.3 Å². The molecule has 0 saturated heterocycles. The number of hydrogen-bond donors (Lipinski definition) is 2. The summed E-state index contributed by atoms with van der Waals surface area (Å²) in [5, 5.41) is 5.00. The number of nitrogen functional groups attached to an aromatic ring is 1. The summed E-state index contributed by atoms with van der Waals surface area (Å²) in [4.78, 5) is 0.